The Balaban J connectivity index is 1.95. The van der Waals surface area contributed by atoms with Crippen molar-refractivity contribution in [3.63, 3.8) is 0 Å². The molecule has 1 aliphatic carbocycles. The normalized spacial score (nSPS) is 29.3. The van der Waals surface area contributed by atoms with E-state index < -0.39 is 0 Å². The molecule has 1 heterocycles. The minimum atomic E-state index is 0.221. The van der Waals surface area contributed by atoms with Crippen molar-refractivity contribution in [3.8, 4) is 0 Å². The standard InChI is InChI=1S/C21H30N2/c1-6-21(5)11-10-19(12-20(21)16(2)3)17(4)8-7-9-18-13-22-15-23-14-18/h6-7,9,13-15,17,19-20H,1-2,8,10-12H2,3-5H3/b9-7+/t17?,19-,20+,21-/m1/s1. The predicted octanol–water partition coefficient (Wildman–Crippen LogP) is 5.70. The van der Waals surface area contributed by atoms with E-state index in [0.29, 0.717) is 11.8 Å². The maximum Gasteiger partial charge on any atom is 0.115 e. The Labute approximate surface area is 141 Å². The van der Waals surface area contributed by atoms with Gasteiger partial charge in [0.2, 0.25) is 0 Å². The van der Waals surface area contributed by atoms with Gasteiger partial charge in [-0.1, -0.05) is 44.2 Å². The summed E-state index contributed by atoms with van der Waals surface area (Å²) in [6, 6.07) is 0. The number of nitrogens with zero attached hydrogens (tertiary/aromatic N) is 2. The van der Waals surface area contributed by atoms with Crippen molar-refractivity contribution in [2.75, 3.05) is 0 Å². The summed E-state index contributed by atoms with van der Waals surface area (Å²) in [5.74, 6) is 2.01. The van der Waals surface area contributed by atoms with Crippen molar-refractivity contribution in [3.05, 3.63) is 55.2 Å². The van der Waals surface area contributed by atoms with Crippen LogP contribution in [-0.4, -0.2) is 9.97 Å². The van der Waals surface area contributed by atoms with Gasteiger partial charge in [0, 0.05) is 18.0 Å². The van der Waals surface area contributed by atoms with Crippen LogP contribution in [0, 0.1) is 23.2 Å². The van der Waals surface area contributed by atoms with Crippen LogP contribution in [0.4, 0.5) is 0 Å². The fraction of sp³-hybridized carbons (Fsp3) is 0.524. The van der Waals surface area contributed by atoms with E-state index in [-0.39, 0.29) is 5.41 Å². The molecule has 2 nitrogen and oxygen atoms in total. The van der Waals surface area contributed by atoms with Crippen LogP contribution in [-0.2, 0) is 0 Å². The van der Waals surface area contributed by atoms with Gasteiger partial charge >= 0.3 is 0 Å². The van der Waals surface area contributed by atoms with Gasteiger partial charge in [0.15, 0.2) is 0 Å². The van der Waals surface area contributed by atoms with E-state index in [2.05, 4.69) is 62.1 Å². The van der Waals surface area contributed by atoms with Crippen molar-refractivity contribution in [2.45, 2.75) is 46.5 Å². The summed E-state index contributed by atoms with van der Waals surface area (Å²) in [7, 11) is 0. The van der Waals surface area contributed by atoms with Crippen molar-refractivity contribution < 1.29 is 0 Å². The second kappa shape index (κ2) is 7.72. The lowest BCUT2D eigenvalue weighted by Gasteiger charge is -2.45. The van der Waals surface area contributed by atoms with Gasteiger partial charge in [-0.3, -0.25) is 0 Å². The predicted molar refractivity (Wildman–Crippen MR) is 98.8 cm³/mol. The van der Waals surface area contributed by atoms with Crippen molar-refractivity contribution in [2.24, 2.45) is 23.2 Å². The van der Waals surface area contributed by atoms with Crippen LogP contribution in [0.5, 0.6) is 0 Å². The van der Waals surface area contributed by atoms with Crippen LogP contribution in [0.2, 0.25) is 0 Å². The molecule has 2 rings (SSSR count). The zero-order valence-corrected chi connectivity index (χ0v) is 14.8. The molecule has 0 N–H and O–H groups in total. The minimum absolute atomic E-state index is 0.221. The zero-order chi connectivity index (χ0) is 16.9. The summed E-state index contributed by atoms with van der Waals surface area (Å²) in [4.78, 5) is 8.09. The molecule has 23 heavy (non-hydrogen) atoms. The molecular weight excluding hydrogens is 280 g/mol. The quantitative estimate of drug-likeness (QED) is 0.630. The Morgan fingerprint density at radius 2 is 2.13 bits per heavy atom. The topological polar surface area (TPSA) is 25.8 Å². The molecule has 1 unspecified atom stereocenters. The van der Waals surface area contributed by atoms with Crippen LogP contribution in [0.1, 0.15) is 52.0 Å². The van der Waals surface area contributed by atoms with E-state index in [1.165, 1.54) is 24.8 Å². The number of aromatic nitrogens is 2. The second-order valence-corrected chi connectivity index (χ2v) is 7.43. The van der Waals surface area contributed by atoms with Crippen LogP contribution in [0.3, 0.4) is 0 Å². The molecule has 1 aliphatic rings. The van der Waals surface area contributed by atoms with E-state index in [1.54, 1.807) is 6.33 Å². The number of rotatable bonds is 6. The van der Waals surface area contributed by atoms with Crippen molar-refractivity contribution >= 4 is 6.08 Å². The first kappa shape index (κ1) is 17.7. The van der Waals surface area contributed by atoms with Gasteiger partial charge in [0.1, 0.15) is 6.33 Å². The summed E-state index contributed by atoms with van der Waals surface area (Å²) in [5.41, 5.74) is 2.60. The summed E-state index contributed by atoms with van der Waals surface area (Å²) >= 11 is 0. The van der Waals surface area contributed by atoms with Gasteiger partial charge < -0.3 is 0 Å². The minimum Gasteiger partial charge on any atom is -0.244 e. The van der Waals surface area contributed by atoms with E-state index in [4.69, 9.17) is 0 Å². The average molecular weight is 310 g/mol. The summed E-state index contributed by atoms with van der Waals surface area (Å²) in [6.45, 7) is 15.2. The lowest BCUT2D eigenvalue weighted by Crippen LogP contribution is -2.35. The molecule has 124 valence electrons. The first-order chi connectivity index (χ1) is 11.0. The number of allylic oxidation sites excluding steroid dienone is 3. The van der Waals surface area contributed by atoms with Crippen molar-refractivity contribution in [1.82, 2.24) is 9.97 Å². The molecule has 1 aromatic rings. The van der Waals surface area contributed by atoms with Crippen LogP contribution in [0.15, 0.2) is 49.6 Å². The van der Waals surface area contributed by atoms with Gasteiger partial charge in [-0.2, -0.15) is 0 Å². The maximum absolute atomic E-state index is 4.24. The molecule has 2 heteroatoms. The largest absolute Gasteiger partial charge is 0.244 e. The van der Waals surface area contributed by atoms with Crippen molar-refractivity contribution in [1.29, 1.82) is 0 Å². The Morgan fingerprint density at radius 1 is 1.43 bits per heavy atom. The number of hydrogen-bond donors (Lipinski definition) is 0. The van der Waals surface area contributed by atoms with Gasteiger partial charge in [-0.25, -0.2) is 9.97 Å². The Hall–Kier alpha value is -1.70. The molecular formula is C21H30N2. The first-order valence-electron chi connectivity index (χ1n) is 8.67. The maximum atomic E-state index is 4.24. The second-order valence-electron chi connectivity index (χ2n) is 7.43. The SMILES string of the molecule is C=C[C@]1(C)CC[C@@H](C(C)C/C=C/c2cncnc2)C[C@H]1C(=C)C. The molecule has 1 aromatic heterocycles. The Kier molecular flexibility index (Phi) is 5.92. The average Bonchev–Trinajstić information content (AvgIpc) is 2.55. The lowest BCUT2D eigenvalue weighted by molar-refractivity contribution is 0.122. The molecule has 0 saturated heterocycles. The smallest absolute Gasteiger partial charge is 0.115 e. The van der Waals surface area contributed by atoms with Gasteiger partial charge in [0.25, 0.3) is 0 Å². The molecule has 0 radical (unpaired) electrons. The highest BCUT2D eigenvalue weighted by Crippen LogP contribution is 2.49. The van der Waals surface area contributed by atoms with Crippen LogP contribution < -0.4 is 0 Å². The van der Waals surface area contributed by atoms with E-state index in [9.17, 15) is 0 Å². The monoisotopic (exact) mass is 310 g/mol. The summed E-state index contributed by atoms with van der Waals surface area (Å²) in [6.07, 6.45) is 16.7. The molecule has 1 fully saturated rings. The molecule has 0 amide bonds. The zero-order valence-electron chi connectivity index (χ0n) is 14.8. The highest BCUT2D eigenvalue weighted by molar-refractivity contribution is 5.45. The highest BCUT2D eigenvalue weighted by Gasteiger charge is 2.39. The first-order valence-corrected chi connectivity index (χ1v) is 8.67. The van der Waals surface area contributed by atoms with E-state index in [0.717, 1.165) is 17.9 Å². The van der Waals surface area contributed by atoms with E-state index in [1.807, 2.05) is 12.4 Å². The highest BCUT2D eigenvalue weighted by atomic mass is 14.8. The Morgan fingerprint density at radius 3 is 2.74 bits per heavy atom. The fourth-order valence-corrected chi connectivity index (χ4v) is 3.89. The molecule has 1 saturated carbocycles. The fourth-order valence-electron chi connectivity index (χ4n) is 3.89. The third-order valence-electron chi connectivity index (χ3n) is 5.65. The van der Waals surface area contributed by atoms with Gasteiger partial charge in [-0.05, 0) is 55.8 Å². The van der Waals surface area contributed by atoms with Crippen LogP contribution >= 0.6 is 0 Å². The molecule has 0 bridgehead atoms. The Bertz CT molecular complexity index is 560. The third kappa shape index (κ3) is 4.40. The molecule has 0 spiro atoms. The third-order valence-corrected chi connectivity index (χ3v) is 5.65. The molecule has 0 aromatic carbocycles. The summed E-state index contributed by atoms with van der Waals surface area (Å²) < 4.78 is 0. The van der Waals surface area contributed by atoms with E-state index >= 15 is 0 Å². The molecule has 0 aliphatic heterocycles. The van der Waals surface area contributed by atoms with Gasteiger partial charge in [-0.15, -0.1) is 6.58 Å². The van der Waals surface area contributed by atoms with Crippen LogP contribution in [0.25, 0.3) is 6.08 Å². The lowest BCUT2D eigenvalue weighted by atomic mass is 9.60. The number of hydrogen-bond acceptors (Lipinski definition) is 2. The molecule has 4 atom stereocenters. The summed E-state index contributed by atoms with van der Waals surface area (Å²) in [5, 5.41) is 0. The van der Waals surface area contributed by atoms with Gasteiger partial charge in [0.05, 0.1) is 0 Å².